The molecule has 0 fully saturated rings. The molecular formula is C19H14ClFN8O2. The third-order valence-electron chi connectivity index (χ3n) is 4.27. The lowest BCUT2D eigenvalue weighted by Gasteiger charge is -2.06. The standard InChI is InChI=1S/C19H14ClFN8O2/c1-10-5-7-11(8-6-10)16-15(24-28-29(16)18-17(22)26-31-27-18)19(30)25-23-9-12-13(20)3-2-4-14(12)21/h2-9H,1H3,(H2,22,26)(H,25,30)/b23-9-. The Kier molecular flexibility index (Phi) is 5.41. The second kappa shape index (κ2) is 8.32. The van der Waals surface area contributed by atoms with Gasteiger partial charge in [-0.05, 0) is 29.4 Å². The van der Waals surface area contributed by atoms with Crippen LogP contribution in [0.4, 0.5) is 10.2 Å². The summed E-state index contributed by atoms with van der Waals surface area (Å²) in [7, 11) is 0. The molecule has 4 aromatic rings. The maximum atomic E-state index is 13.9. The normalized spacial score (nSPS) is 11.2. The minimum absolute atomic E-state index is 0.0302. The summed E-state index contributed by atoms with van der Waals surface area (Å²) in [4.78, 5) is 12.8. The summed E-state index contributed by atoms with van der Waals surface area (Å²) in [6.45, 7) is 1.93. The van der Waals surface area contributed by atoms with E-state index >= 15 is 0 Å². The minimum Gasteiger partial charge on any atom is -0.378 e. The molecule has 0 aliphatic heterocycles. The lowest BCUT2D eigenvalue weighted by molar-refractivity contribution is 0.0950. The number of hydrogen-bond acceptors (Lipinski definition) is 8. The van der Waals surface area contributed by atoms with Crippen LogP contribution in [0.1, 0.15) is 21.6 Å². The van der Waals surface area contributed by atoms with E-state index in [1.54, 1.807) is 12.1 Å². The van der Waals surface area contributed by atoms with Crippen molar-refractivity contribution < 1.29 is 13.8 Å². The number of hydrogen-bond donors (Lipinski definition) is 2. The summed E-state index contributed by atoms with van der Waals surface area (Å²) in [5.74, 6) is -1.23. The highest BCUT2D eigenvalue weighted by atomic mass is 35.5. The van der Waals surface area contributed by atoms with Crippen molar-refractivity contribution >= 4 is 29.5 Å². The Morgan fingerprint density at radius 3 is 2.71 bits per heavy atom. The lowest BCUT2D eigenvalue weighted by atomic mass is 10.1. The number of benzene rings is 2. The number of rotatable bonds is 5. The zero-order chi connectivity index (χ0) is 22.0. The third kappa shape index (κ3) is 3.98. The van der Waals surface area contributed by atoms with Gasteiger partial charge >= 0.3 is 0 Å². The van der Waals surface area contributed by atoms with Gasteiger partial charge in [-0.3, -0.25) is 4.79 Å². The van der Waals surface area contributed by atoms with Gasteiger partial charge in [-0.25, -0.2) is 14.4 Å². The van der Waals surface area contributed by atoms with Crippen molar-refractivity contribution in [3.8, 4) is 17.1 Å². The molecule has 0 saturated carbocycles. The Morgan fingerprint density at radius 1 is 1.26 bits per heavy atom. The Morgan fingerprint density at radius 2 is 2.03 bits per heavy atom. The molecule has 0 atom stereocenters. The Bertz CT molecular complexity index is 1260. The number of halogens is 2. The van der Waals surface area contributed by atoms with Crippen molar-refractivity contribution in [2.75, 3.05) is 5.73 Å². The van der Waals surface area contributed by atoms with E-state index in [1.165, 1.54) is 22.9 Å². The average Bonchev–Trinajstić information content (AvgIpc) is 3.36. The van der Waals surface area contributed by atoms with Crippen LogP contribution in [0.25, 0.3) is 17.1 Å². The number of anilines is 1. The maximum Gasteiger partial charge on any atom is 0.294 e. The van der Waals surface area contributed by atoms with Gasteiger partial charge in [0.15, 0.2) is 5.69 Å². The number of carbonyl (C=O) groups is 1. The van der Waals surface area contributed by atoms with Gasteiger partial charge in [0, 0.05) is 11.1 Å². The Labute approximate surface area is 179 Å². The van der Waals surface area contributed by atoms with Gasteiger partial charge in [-0.15, -0.1) is 5.10 Å². The first kappa shape index (κ1) is 20.2. The number of aromatic nitrogens is 5. The van der Waals surface area contributed by atoms with Crippen molar-refractivity contribution in [1.82, 2.24) is 30.7 Å². The highest BCUT2D eigenvalue weighted by Crippen LogP contribution is 2.26. The average molecular weight is 441 g/mol. The maximum absolute atomic E-state index is 13.9. The first-order valence-electron chi connectivity index (χ1n) is 8.84. The number of hydrazone groups is 1. The first-order valence-corrected chi connectivity index (χ1v) is 9.22. The number of nitrogens with zero attached hydrogens (tertiary/aromatic N) is 6. The van der Waals surface area contributed by atoms with Gasteiger partial charge in [0.05, 0.1) is 11.2 Å². The molecule has 1 amide bonds. The molecule has 156 valence electrons. The minimum atomic E-state index is -0.694. The number of aryl methyl sites for hydroxylation is 1. The van der Waals surface area contributed by atoms with Gasteiger partial charge in [0.1, 0.15) is 11.5 Å². The molecular weight excluding hydrogens is 427 g/mol. The van der Waals surface area contributed by atoms with E-state index in [9.17, 15) is 9.18 Å². The number of nitrogens with one attached hydrogen (secondary N) is 1. The molecule has 2 aromatic heterocycles. The topological polar surface area (TPSA) is 137 Å². The number of carbonyl (C=O) groups excluding carboxylic acids is 1. The Balaban J connectivity index is 1.70. The van der Waals surface area contributed by atoms with E-state index in [0.717, 1.165) is 11.8 Å². The van der Waals surface area contributed by atoms with Crippen LogP contribution in [0.15, 0.2) is 52.2 Å². The van der Waals surface area contributed by atoms with Gasteiger partial charge in [-0.2, -0.15) is 9.78 Å². The monoisotopic (exact) mass is 440 g/mol. The molecule has 12 heteroatoms. The van der Waals surface area contributed by atoms with Crippen molar-refractivity contribution in [1.29, 1.82) is 0 Å². The molecule has 3 N–H and O–H groups in total. The van der Waals surface area contributed by atoms with Crippen molar-refractivity contribution in [3.63, 3.8) is 0 Å². The van der Waals surface area contributed by atoms with E-state index in [-0.39, 0.29) is 27.9 Å². The second-order valence-electron chi connectivity index (χ2n) is 6.37. The van der Waals surface area contributed by atoms with E-state index in [4.69, 9.17) is 17.3 Å². The molecule has 0 bridgehead atoms. The van der Waals surface area contributed by atoms with Crippen LogP contribution in [0.2, 0.25) is 5.02 Å². The molecule has 0 aliphatic rings. The zero-order valence-electron chi connectivity index (χ0n) is 16.0. The molecule has 0 radical (unpaired) electrons. The summed E-state index contributed by atoms with van der Waals surface area (Å²) in [5.41, 5.74) is 9.96. The molecule has 31 heavy (non-hydrogen) atoms. The van der Waals surface area contributed by atoms with Crippen LogP contribution in [0.3, 0.4) is 0 Å². The van der Waals surface area contributed by atoms with Gasteiger partial charge in [-0.1, -0.05) is 52.7 Å². The van der Waals surface area contributed by atoms with Gasteiger partial charge in [0.2, 0.25) is 11.6 Å². The fraction of sp³-hybridized carbons (Fsp3) is 0.0526. The van der Waals surface area contributed by atoms with Gasteiger partial charge < -0.3 is 5.73 Å². The smallest absolute Gasteiger partial charge is 0.294 e. The summed E-state index contributed by atoms with van der Waals surface area (Å²) < 4.78 is 19.7. The van der Waals surface area contributed by atoms with Crippen LogP contribution in [-0.4, -0.2) is 37.4 Å². The fourth-order valence-corrected chi connectivity index (χ4v) is 2.95. The predicted octanol–water partition coefficient (Wildman–Crippen LogP) is 2.76. The van der Waals surface area contributed by atoms with E-state index < -0.39 is 11.7 Å². The summed E-state index contributed by atoms with van der Waals surface area (Å²) in [6.07, 6.45) is 1.10. The summed E-state index contributed by atoms with van der Waals surface area (Å²) in [5, 5.41) is 19.1. The number of nitrogen functional groups attached to an aromatic ring is 1. The molecule has 0 aliphatic carbocycles. The molecule has 0 unspecified atom stereocenters. The quantitative estimate of drug-likeness (QED) is 0.359. The summed E-state index contributed by atoms with van der Waals surface area (Å²) in [6, 6.07) is 11.5. The number of amides is 1. The molecule has 10 nitrogen and oxygen atoms in total. The Hall–Kier alpha value is -4.12. The van der Waals surface area contributed by atoms with E-state index in [2.05, 4.69) is 35.8 Å². The predicted molar refractivity (Wildman–Crippen MR) is 110 cm³/mol. The highest BCUT2D eigenvalue weighted by molar-refractivity contribution is 6.33. The van der Waals surface area contributed by atoms with Crippen LogP contribution in [-0.2, 0) is 0 Å². The van der Waals surface area contributed by atoms with Crippen LogP contribution in [0, 0.1) is 12.7 Å². The second-order valence-corrected chi connectivity index (χ2v) is 6.78. The highest BCUT2D eigenvalue weighted by Gasteiger charge is 2.25. The fourth-order valence-electron chi connectivity index (χ4n) is 2.73. The van der Waals surface area contributed by atoms with Crippen LogP contribution < -0.4 is 11.2 Å². The van der Waals surface area contributed by atoms with E-state index in [0.29, 0.717) is 11.3 Å². The first-order chi connectivity index (χ1) is 15.0. The third-order valence-corrected chi connectivity index (χ3v) is 4.60. The van der Waals surface area contributed by atoms with Crippen LogP contribution in [0.5, 0.6) is 0 Å². The zero-order valence-corrected chi connectivity index (χ0v) is 16.7. The number of nitrogens with two attached hydrogens (primary N) is 1. The largest absolute Gasteiger partial charge is 0.378 e. The molecule has 2 aromatic carbocycles. The van der Waals surface area contributed by atoms with E-state index in [1.807, 2.05) is 19.1 Å². The van der Waals surface area contributed by atoms with Crippen molar-refractivity contribution in [2.24, 2.45) is 5.10 Å². The van der Waals surface area contributed by atoms with Crippen LogP contribution >= 0.6 is 11.6 Å². The van der Waals surface area contributed by atoms with Gasteiger partial charge in [0.25, 0.3) is 5.91 Å². The molecule has 0 spiro atoms. The lowest BCUT2D eigenvalue weighted by Crippen LogP contribution is -2.19. The summed E-state index contributed by atoms with van der Waals surface area (Å²) >= 11 is 5.95. The molecule has 0 saturated heterocycles. The molecule has 2 heterocycles. The van der Waals surface area contributed by atoms with Crippen molar-refractivity contribution in [2.45, 2.75) is 6.92 Å². The van der Waals surface area contributed by atoms with Crippen molar-refractivity contribution in [3.05, 3.63) is 70.1 Å². The SMILES string of the molecule is Cc1ccc(-c2c(C(=O)N/N=C\c3c(F)cccc3Cl)nnn2-c2nonc2N)cc1. The molecule has 4 rings (SSSR count).